The van der Waals surface area contributed by atoms with Crippen LogP contribution in [0.25, 0.3) is 10.7 Å². The summed E-state index contributed by atoms with van der Waals surface area (Å²) in [5.41, 5.74) is 0.743. The van der Waals surface area contributed by atoms with Crippen molar-refractivity contribution in [1.29, 1.82) is 0 Å². The van der Waals surface area contributed by atoms with E-state index in [0.29, 0.717) is 50.9 Å². The van der Waals surface area contributed by atoms with Crippen LogP contribution < -0.4 is 5.49 Å². The van der Waals surface area contributed by atoms with Gasteiger partial charge in [-0.1, -0.05) is 12.9 Å². The first-order valence-corrected chi connectivity index (χ1v) is 17.7. The average molecular weight is 794 g/mol. The zero-order valence-corrected chi connectivity index (χ0v) is 34.0. The molecule has 17 heteroatoms. The van der Waals surface area contributed by atoms with E-state index in [1.165, 1.54) is 9.47 Å². The molecule has 2 aliphatic heterocycles. The van der Waals surface area contributed by atoms with Crippen molar-refractivity contribution in [1.82, 2.24) is 14.7 Å². The zero-order valence-electron chi connectivity index (χ0n) is 29.0. The van der Waals surface area contributed by atoms with Crippen LogP contribution in [0.4, 0.5) is 0 Å². The van der Waals surface area contributed by atoms with Gasteiger partial charge in [0.1, 0.15) is 6.29 Å². The summed E-state index contributed by atoms with van der Waals surface area (Å²) in [5, 5.41) is 25.1. The van der Waals surface area contributed by atoms with Crippen LogP contribution in [0, 0.1) is 12.3 Å². The van der Waals surface area contributed by atoms with Gasteiger partial charge in [0.2, 0.25) is 0 Å². The van der Waals surface area contributed by atoms with E-state index in [9.17, 15) is 10.2 Å². The Labute approximate surface area is 316 Å². The standard InChI is InChI=1S/C17H29N6O2P.C13H22O4.CH4O.H3OP.Y/c1-19-17(21-12-5-8-22(2)9-6-12)14-11-20-23(16(14)18)15-4-3-13(25-15)7-10-26-24;1-2-3-4-5-8-15-10-12-17-13-11-16-9-6-7-14;2*1-2;/h11-13,15,20,24,26H,3-10H2,1-2H3;1,7H,3-6,8-13H2;2H,1H3;1H,2H2;/q-2;;;;. The molecule has 4 atom stereocenters. The van der Waals surface area contributed by atoms with E-state index < -0.39 is 0 Å². The molecule has 2 fully saturated rings. The van der Waals surface area contributed by atoms with E-state index in [1.54, 1.807) is 17.9 Å². The van der Waals surface area contributed by atoms with Gasteiger partial charge in [0.15, 0.2) is 0 Å². The molecular weight excluding hydrogens is 735 g/mol. The smallest absolute Gasteiger partial charge is 0.122 e. The fraction of sp³-hybridized carbons (Fsp3) is 0.774. The molecule has 3 rings (SSSR count). The number of aliphatic hydroxyl groups excluding tert-OH is 1. The number of nitrogens with one attached hydrogen (secondary N) is 1. The number of unbranched alkanes of at least 4 members (excludes halogenated alkanes) is 2. The third-order valence-electron chi connectivity index (χ3n) is 7.20. The molecule has 1 radical (unpaired) electrons. The first-order valence-electron chi connectivity index (χ1n) is 16.1. The molecule has 275 valence electrons. The van der Waals surface area contributed by atoms with E-state index in [0.717, 1.165) is 90.6 Å². The molecule has 3 heterocycles. The Morgan fingerprint density at radius 1 is 1.15 bits per heavy atom. The van der Waals surface area contributed by atoms with Gasteiger partial charge in [0.05, 0.1) is 45.4 Å². The van der Waals surface area contributed by atoms with Crippen molar-refractivity contribution in [3.63, 3.8) is 0 Å². The van der Waals surface area contributed by atoms with E-state index >= 15 is 0 Å². The minimum absolute atomic E-state index is 0. The van der Waals surface area contributed by atoms with Gasteiger partial charge in [0.25, 0.3) is 0 Å². The number of rotatable bonds is 19. The number of carbonyl (C=O) groups excluding carboxylic acids is 1. The SMILES string of the molecule is C#CCCCCOCCOCCOCCC=O.CO.C[N-]C(=NC1CCN(C)CC1)c1c[nH]n(C2CCC(CCPO)O2)c1=[N-].OP.[Y]. The van der Waals surface area contributed by atoms with Gasteiger partial charge in [-0.15, -0.1) is 12.3 Å². The van der Waals surface area contributed by atoms with Crippen LogP contribution in [0.15, 0.2) is 11.2 Å². The first kappa shape index (κ1) is 49.5. The monoisotopic (exact) mass is 793 g/mol. The number of terminal acetylenes is 1. The van der Waals surface area contributed by atoms with Gasteiger partial charge in [-0.2, -0.15) is 0 Å². The summed E-state index contributed by atoms with van der Waals surface area (Å²) in [5.74, 6) is 3.18. The summed E-state index contributed by atoms with van der Waals surface area (Å²) in [4.78, 5) is 33.0. The molecule has 2 aliphatic rings. The largest absolute Gasteiger partial charge is 0.469 e. The molecule has 0 saturated carbocycles. The number of aldehydes is 1. The number of aromatic nitrogens is 2. The topological polar surface area (TPSA) is 187 Å². The Kier molecular flexibility index (Phi) is 35.8. The van der Waals surface area contributed by atoms with Crippen molar-refractivity contribution in [2.24, 2.45) is 4.99 Å². The van der Waals surface area contributed by atoms with Crippen molar-refractivity contribution in [3.8, 4) is 12.3 Å². The number of amidine groups is 1. The predicted molar refractivity (Wildman–Crippen MR) is 191 cm³/mol. The summed E-state index contributed by atoms with van der Waals surface area (Å²) in [6.07, 6.45) is 16.3. The van der Waals surface area contributed by atoms with E-state index in [2.05, 4.69) is 28.3 Å². The molecule has 4 N–H and O–H groups in total. The molecular formula is C31H58N6O8P2Y-2. The second-order valence-corrected chi connectivity index (χ2v) is 11.3. The summed E-state index contributed by atoms with van der Waals surface area (Å²) in [6, 6.07) is 0.249. The van der Waals surface area contributed by atoms with Crippen molar-refractivity contribution < 1.29 is 71.3 Å². The number of aliphatic imine (C=N–C) groups is 1. The van der Waals surface area contributed by atoms with Gasteiger partial charge in [-0.3, -0.25) is 0 Å². The van der Waals surface area contributed by atoms with Crippen LogP contribution in [-0.2, 0) is 56.5 Å². The summed E-state index contributed by atoms with van der Waals surface area (Å²) >= 11 is 0. The maximum Gasteiger partial charge on any atom is 0.122 e. The number of hydrogen-bond donors (Lipinski definition) is 4. The second-order valence-electron chi connectivity index (χ2n) is 10.5. The molecule has 0 spiro atoms. The molecule has 0 amide bonds. The van der Waals surface area contributed by atoms with Gasteiger partial charge < -0.3 is 69.0 Å². The maximum absolute atomic E-state index is 10.7. The maximum atomic E-state index is 10.7. The first-order chi connectivity index (χ1) is 23.0. The van der Waals surface area contributed by atoms with Crippen molar-refractivity contribution in [2.45, 2.75) is 76.2 Å². The van der Waals surface area contributed by atoms with Crippen LogP contribution in [0.3, 0.4) is 0 Å². The van der Waals surface area contributed by atoms with Gasteiger partial charge in [0, 0.05) is 74.3 Å². The molecule has 4 unspecified atom stereocenters. The number of nitrogens with zero attached hydrogens (tertiary/aromatic N) is 5. The van der Waals surface area contributed by atoms with Gasteiger partial charge >= 0.3 is 0 Å². The van der Waals surface area contributed by atoms with Crippen molar-refractivity contribution in [2.75, 3.05) is 80.1 Å². The molecule has 0 aromatic carbocycles. The molecule has 14 nitrogen and oxygen atoms in total. The summed E-state index contributed by atoms with van der Waals surface area (Å²) in [7, 11) is 6.22. The normalized spacial score (nSPS) is 18.0. The van der Waals surface area contributed by atoms with Crippen LogP contribution in [0.1, 0.15) is 69.6 Å². The number of hydrogen-bond acceptors (Lipinski definition) is 10. The molecule has 1 aromatic rings. The number of H-pyrrole nitrogens is 1. The molecule has 2 saturated heterocycles. The van der Waals surface area contributed by atoms with Crippen LogP contribution in [0.2, 0.25) is 0 Å². The van der Waals surface area contributed by atoms with Crippen LogP contribution >= 0.6 is 18.3 Å². The summed E-state index contributed by atoms with van der Waals surface area (Å²) < 4.78 is 23.4. The molecule has 0 aliphatic carbocycles. The minimum Gasteiger partial charge on any atom is -0.469 e. The molecule has 1 aromatic heterocycles. The number of aliphatic hydroxyl groups is 1. The fourth-order valence-electron chi connectivity index (χ4n) is 4.74. The fourth-order valence-corrected chi connectivity index (χ4v) is 5.19. The number of ether oxygens (including phenoxy) is 4. The molecule has 0 bridgehead atoms. The summed E-state index contributed by atoms with van der Waals surface area (Å²) in [6.45, 7) is 5.53. The second kappa shape index (κ2) is 34.8. The third kappa shape index (κ3) is 22.2. The van der Waals surface area contributed by atoms with Crippen molar-refractivity contribution in [3.05, 3.63) is 28.0 Å². The van der Waals surface area contributed by atoms with E-state index in [4.69, 9.17) is 45.3 Å². The number of piperidine rings is 1. The van der Waals surface area contributed by atoms with E-state index in [-0.39, 0.29) is 65.4 Å². The molecule has 48 heavy (non-hydrogen) atoms. The number of likely N-dealkylation sites (tertiary alicyclic amines) is 1. The Bertz CT molecular complexity index is 1020. The third-order valence-corrected chi connectivity index (χ3v) is 7.71. The Hall–Kier alpha value is -0.646. The van der Waals surface area contributed by atoms with Gasteiger partial charge in [-0.05, 0) is 97.8 Å². The number of aromatic amines is 1. The Balaban J connectivity index is 0. The zero-order chi connectivity index (χ0) is 35.1. The Morgan fingerprint density at radius 3 is 2.35 bits per heavy atom. The minimum atomic E-state index is -0.211. The van der Waals surface area contributed by atoms with E-state index in [1.807, 2.05) is 0 Å². The van der Waals surface area contributed by atoms with Crippen LogP contribution in [0.5, 0.6) is 0 Å². The number of carbonyl (C=O) groups is 1. The average Bonchev–Trinajstić information content (AvgIpc) is 3.74. The predicted octanol–water partition coefficient (Wildman–Crippen LogP) is 2.59. The van der Waals surface area contributed by atoms with Gasteiger partial charge in [-0.25, -0.2) is 0 Å². The Morgan fingerprint density at radius 2 is 1.77 bits per heavy atom. The van der Waals surface area contributed by atoms with Crippen molar-refractivity contribution >= 4 is 30.4 Å². The van der Waals surface area contributed by atoms with Crippen LogP contribution in [-0.4, -0.2) is 134 Å². The quantitative estimate of drug-likeness (QED) is 0.0408.